The average Bonchev–Trinajstić information content (AvgIpc) is 2.19. The number of carbonyl (C=O) groups excluding carboxylic acids is 1. The van der Waals surface area contributed by atoms with Crippen LogP contribution >= 0.6 is 11.6 Å². The average molecular weight is 249 g/mol. The van der Waals surface area contributed by atoms with Crippen molar-refractivity contribution in [2.24, 2.45) is 5.73 Å². The highest BCUT2D eigenvalue weighted by Crippen LogP contribution is 2.30. The van der Waals surface area contributed by atoms with E-state index in [0.29, 0.717) is 16.3 Å². The van der Waals surface area contributed by atoms with E-state index in [0.717, 1.165) is 22.0 Å². The molecule has 0 atom stereocenters. The SMILES string of the molecule is Cc1cc(C)c2nc(C)c(C(N)=O)c(Cl)c2c1. The molecule has 2 N–H and O–H groups in total. The van der Waals surface area contributed by atoms with Crippen LogP contribution in [0.5, 0.6) is 0 Å². The molecule has 2 rings (SSSR count). The Balaban J connectivity index is 2.97. The van der Waals surface area contributed by atoms with Gasteiger partial charge < -0.3 is 5.73 Å². The van der Waals surface area contributed by atoms with Gasteiger partial charge in [0.05, 0.1) is 21.8 Å². The standard InChI is InChI=1S/C13H13ClN2O/c1-6-4-7(2)12-9(5-6)11(14)10(13(15)17)8(3)16-12/h4-5H,1-3H3,(H2,15,17). The fourth-order valence-corrected chi connectivity index (χ4v) is 2.45. The first-order valence-electron chi connectivity index (χ1n) is 5.28. The van der Waals surface area contributed by atoms with E-state index < -0.39 is 5.91 Å². The van der Waals surface area contributed by atoms with E-state index in [1.54, 1.807) is 6.92 Å². The number of benzene rings is 1. The van der Waals surface area contributed by atoms with Crippen LogP contribution in [0.1, 0.15) is 27.2 Å². The third kappa shape index (κ3) is 1.87. The molecule has 0 saturated heterocycles. The van der Waals surface area contributed by atoms with E-state index >= 15 is 0 Å². The summed E-state index contributed by atoms with van der Waals surface area (Å²) >= 11 is 6.24. The number of nitrogens with two attached hydrogens (primary N) is 1. The van der Waals surface area contributed by atoms with Crippen LogP contribution in [0.15, 0.2) is 12.1 Å². The Labute approximate surface area is 105 Å². The minimum absolute atomic E-state index is 0.309. The number of carbonyl (C=O) groups is 1. The zero-order valence-corrected chi connectivity index (χ0v) is 10.7. The Hall–Kier alpha value is -1.61. The summed E-state index contributed by atoms with van der Waals surface area (Å²) in [7, 11) is 0. The van der Waals surface area contributed by atoms with Crippen LogP contribution in [0.25, 0.3) is 10.9 Å². The summed E-state index contributed by atoms with van der Waals surface area (Å²) in [6.07, 6.45) is 0. The van der Waals surface area contributed by atoms with E-state index in [1.807, 2.05) is 26.0 Å². The first-order valence-corrected chi connectivity index (χ1v) is 5.66. The predicted octanol–water partition coefficient (Wildman–Crippen LogP) is 2.91. The second kappa shape index (κ2) is 4.00. The summed E-state index contributed by atoms with van der Waals surface area (Å²) in [5.74, 6) is -0.541. The molecule has 1 amide bonds. The Morgan fingerprint density at radius 1 is 1.29 bits per heavy atom. The molecule has 0 unspecified atom stereocenters. The number of hydrogen-bond donors (Lipinski definition) is 1. The van der Waals surface area contributed by atoms with E-state index in [1.165, 1.54) is 0 Å². The van der Waals surface area contributed by atoms with Crippen molar-refractivity contribution < 1.29 is 4.79 Å². The smallest absolute Gasteiger partial charge is 0.252 e. The largest absolute Gasteiger partial charge is 0.365 e. The topological polar surface area (TPSA) is 56.0 Å². The van der Waals surface area contributed by atoms with Gasteiger partial charge in [-0.3, -0.25) is 9.78 Å². The van der Waals surface area contributed by atoms with Crippen molar-refractivity contribution in [1.29, 1.82) is 0 Å². The maximum absolute atomic E-state index is 11.4. The number of nitrogens with zero attached hydrogens (tertiary/aromatic N) is 1. The van der Waals surface area contributed by atoms with Crippen molar-refractivity contribution >= 4 is 28.4 Å². The summed E-state index contributed by atoms with van der Waals surface area (Å²) in [6.45, 7) is 5.69. The molecule has 0 bridgehead atoms. The van der Waals surface area contributed by atoms with Crippen molar-refractivity contribution in [3.63, 3.8) is 0 Å². The summed E-state index contributed by atoms with van der Waals surface area (Å²) in [5.41, 5.74) is 9.15. The van der Waals surface area contributed by atoms with Gasteiger partial charge in [-0.05, 0) is 32.4 Å². The second-order valence-corrected chi connectivity index (χ2v) is 4.61. The number of aromatic nitrogens is 1. The van der Waals surface area contributed by atoms with Crippen molar-refractivity contribution in [1.82, 2.24) is 4.98 Å². The maximum atomic E-state index is 11.4. The number of primary amides is 1. The molecule has 3 nitrogen and oxygen atoms in total. The fourth-order valence-electron chi connectivity index (χ4n) is 2.08. The highest BCUT2D eigenvalue weighted by atomic mass is 35.5. The molecule has 88 valence electrons. The van der Waals surface area contributed by atoms with Crippen molar-refractivity contribution in [2.75, 3.05) is 0 Å². The number of pyridine rings is 1. The predicted molar refractivity (Wildman–Crippen MR) is 69.5 cm³/mol. The van der Waals surface area contributed by atoms with Crippen LogP contribution in [-0.2, 0) is 0 Å². The molecule has 0 spiro atoms. The zero-order valence-electron chi connectivity index (χ0n) is 9.97. The number of rotatable bonds is 1. The lowest BCUT2D eigenvalue weighted by Gasteiger charge is -2.10. The number of amides is 1. The molecule has 0 aliphatic rings. The van der Waals surface area contributed by atoms with Gasteiger partial charge in [-0.1, -0.05) is 23.2 Å². The highest BCUT2D eigenvalue weighted by Gasteiger charge is 2.16. The molecule has 1 aromatic heterocycles. The Kier molecular flexibility index (Phi) is 2.79. The van der Waals surface area contributed by atoms with Gasteiger partial charge in [0.25, 0.3) is 5.91 Å². The molecule has 0 radical (unpaired) electrons. The van der Waals surface area contributed by atoms with Crippen LogP contribution in [0, 0.1) is 20.8 Å². The third-order valence-corrected chi connectivity index (χ3v) is 3.18. The molecule has 0 aliphatic carbocycles. The Morgan fingerprint density at radius 2 is 1.94 bits per heavy atom. The Bertz CT molecular complexity index is 635. The number of hydrogen-bond acceptors (Lipinski definition) is 2. The first-order chi connectivity index (χ1) is 7.91. The number of fused-ring (bicyclic) bond motifs is 1. The van der Waals surface area contributed by atoms with Gasteiger partial charge in [-0.25, -0.2) is 0 Å². The number of halogens is 1. The van der Waals surface area contributed by atoms with Crippen LogP contribution in [0.4, 0.5) is 0 Å². The zero-order chi connectivity index (χ0) is 12.7. The fraction of sp³-hybridized carbons (Fsp3) is 0.231. The van der Waals surface area contributed by atoms with Gasteiger partial charge in [-0.15, -0.1) is 0 Å². The number of aryl methyl sites for hydroxylation is 3. The summed E-state index contributed by atoms with van der Waals surface area (Å²) < 4.78 is 0. The van der Waals surface area contributed by atoms with E-state index in [4.69, 9.17) is 17.3 Å². The van der Waals surface area contributed by atoms with Crippen molar-refractivity contribution in [3.05, 3.63) is 39.5 Å². The minimum atomic E-state index is -0.541. The van der Waals surface area contributed by atoms with Crippen LogP contribution < -0.4 is 5.73 Å². The molecule has 1 heterocycles. The van der Waals surface area contributed by atoms with Crippen LogP contribution in [0.3, 0.4) is 0 Å². The molecule has 0 fully saturated rings. The van der Waals surface area contributed by atoms with Gasteiger partial charge in [0.2, 0.25) is 0 Å². The highest BCUT2D eigenvalue weighted by molar-refractivity contribution is 6.38. The van der Waals surface area contributed by atoms with Crippen molar-refractivity contribution in [2.45, 2.75) is 20.8 Å². The lowest BCUT2D eigenvalue weighted by molar-refractivity contribution is 0.0999. The molecule has 1 aromatic carbocycles. The monoisotopic (exact) mass is 248 g/mol. The lowest BCUT2D eigenvalue weighted by atomic mass is 10.0. The van der Waals surface area contributed by atoms with Crippen LogP contribution in [-0.4, -0.2) is 10.9 Å². The molecule has 4 heteroatoms. The van der Waals surface area contributed by atoms with Gasteiger partial charge in [0.15, 0.2) is 0 Å². The molecule has 17 heavy (non-hydrogen) atoms. The van der Waals surface area contributed by atoms with Gasteiger partial charge in [-0.2, -0.15) is 0 Å². The molecule has 2 aromatic rings. The second-order valence-electron chi connectivity index (χ2n) is 4.23. The Morgan fingerprint density at radius 3 is 2.53 bits per heavy atom. The molecular formula is C13H13ClN2O. The first kappa shape index (κ1) is 11.9. The van der Waals surface area contributed by atoms with Crippen LogP contribution in [0.2, 0.25) is 5.02 Å². The minimum Gasteiger partial charge on any atom is -0.365 e. The van der Waals surface area contributed by atoms with E-state index in [2.05, 4.69) is 4.98 Å². The van der Waals surface area contributed by atoms with E-state index in [9.17, 15) is 4.79 Å². The van der Waals surface area contributed by atoms with E-state index in [-0.39, 0.29) is 0 Å². The lowest BCUT2D eigenvalue weighted by Crippen LogP contribution is -2.14. The quantitative estimate of drug-likeness (QED) is 0.844. The van der Waals surface area contributed by atoms with Gasteiger partial charge in [0.1, 0.15) is 0 Å². The summed E-state index contributed by atoms with van der Waals surface area (Å²) in [5, 5.41) is 1.18. The molecule has 0 saturated carbocycles. The molecule has 0 aliphatic heterocycles. The van der Waals surface area contributed by atoms with Gasteiger partial charge >= 0.3 is 0 Å². The normalized spacial score (nSPS) is 10.8. The summed E-state index contributed by atoms with van der Waals surface area (Å²) in [4.78, 5) is 15.8. The maximum Gasteiger partial charge on any atom is 0.252 e. The molecular weight excluding hydrogens is 236 g/mol. The third-order valence-electron chi connectivity index (χ3n) is 2.79. The summed E-state index contributed by atoms with van der Waals surface area (Å²) in [6, 6.07) is 3.96. The van der Waals surface area contributed by atoms with Gasteiger partial charge in [0, 0.05) is 5.39 Å². The van der Waals surface area contributed by atoms with Crippen molar-refractivity contribution in [3.8, 4) is 0 Å².